The summed E-state index contributed by atoms with van der Waals surface area (Å²) in [5, 5.41) is 8.14. The van der Waals surface area contributed by atoms with Gasteiger partial charge >= 0.3 is 0 Å². The van der Waals surface area contributed by atoms with Crippen LogP contribution in [-0.2, 0) is 19.9 Å². The highest BCUT2D eigenvalue weighted by molar-refractivity contribution is 9.10. The number of aryl methyl sites for hydroxylation is 2. The van der Waals surface area contributed by atoms with Gasteiger partial charge in [-0.15, -0.1) is 0 Å². The highest BCUT2D eigenvalue weighted by atomic mass is 79.9. The summed E-state index contributed by atoms with van der Waals surface area (Å²) in [4.78, 5) is 0. The first-order valence-corrected chi connectivity index (χ1v) is 8.21. The van der Waals surface area contributed by atoms with Crippen molar-refractivity contribution in [2.24, 2.45) is 18.9 Å². The fourth-order valence-electron chi connectivity index (χ4n) is 2.30. The van der Waals surface area contributed by atoms with Crippen LogP contribution in [0.15, 0.2) is 4.47 Å². The molecule has 19 heavy (non-hydrogen) atoms. The fourth-order valence-corrected chi connectivity index (χ4v) is 3.08. The minimum absolute atomic E-state index is 0.656. The van der Waals surface area contributed by atoms with Crippen LogP contribution in [0.1, 0.15) is 45.5 Å². The van der Waals surface area contributed by atoms with Crippen LogP contribution in [0.25, 0.3) is 0 Å². The van der Waals surface area contributed by atoms with Crippen LogP contribution in [0.4, 0.5) is 0 Å². The molecule has 0 aliphatic rings. The van der Waals surface area contributed by atoms with Crippen LogP contribution >= 0.6 is 15.9 Å². The second-order valence-electron chi connectivity index (χ2n) is 5.60. The number of halogens is 1. The molecule has 1 rings (SSSR count). The quantitative estimate of drug-likeness (QED) is 0.739. The van der Waals surface area contributed by atoms with Gasteiger partial charge < -0.3 is 5.32 Å². The molecule has 1 heterocycles. The molecule has 1 unspecified atom stereocenters. The van der Waals surface area contributed by atoms with Crippen LogP contribution < -0.4 is 5.32 Å². The number of hydrogen-bond acceptors (Lipinski definition) is 2. The van der Waals surface area contributed by atoms with Crippen molar-refractivity contribution in [3.63, 3.8) is 0 Å². The van der Waals surface area contributed by atoms with Gasteiger partial charge in [-0.3, -0.25) is 4.68 Å². The first-order valence-electron chi connectivity index (χ1n) is 7.42. The van der Waals surface area contributed by atoms with E-state index < -0.39 is 0 Å². The van der Waals surface area contributed by atoms with Gasteiger partial charge in [0.15, 0.2) is 0 Å². The van der Waals surface area contributed by atoms with Gasteiger partial charge in [-0.2, -0.15) is 5.10 Å². The lowest BCUT2D eigenvalue weighted by atomic mass is 9.91. The molecule has 1 atom stereocenters. The van der Waals surface area contributed by atoms with E-state index in [1.807, 2.05) is 4.68 Å². The summed E-state index contributed by atoms with van der Waals surface area (Å²) in [5.41, 5.74) is 2.50. The van der Waals surface area contributed by atoms with Crippen LogP contribution in [0, 0.1) is 11.8 Å². The maximum Gasteiger partial charge on any atom is 0.0766 e. The molecule has 3 nitrogen and oxygen atoms in total. The number of nitrogens with one attached hydrogen (secondary N) is 1. The summed E-state index contributed by atoms with van der Waals surface area (Å²) in [5.74, 6) is 1.33. The summed E-state index contributed by atoms with van der Waals surface area (Å²) in [6, 6.07) is 0. The van der Waals surface area contributed by atoms with Gasteiger partial charge in [0.05, 0.1) is 15.9 Å². The van der Waals surface area contributed by atoms with Crippen molar-refractivity contribution in [2.45, 2.75) is 47.0 Å². The number of hydrogen-bond donors (Lipinski definition) is 1. The molecule has 0 fully saturated rings. The molecule has 1 N–H and O–H groups in total. The third-order valence-corrected chi connectivity index (χ3v) is 4.65. The average molecular weight is 330 g/mol. The van der Waals surface area contributed by atoms with E-state index in [1.54, 1.807) is 0 Å². The molecule has 0 aliphatic heterocycles. The topological polar surface area (TPSA) is 29.9 Å². The monoisotopic (exact) mass is 329 g/mol. The molecule has 1 aromatic heterocycles. The third kappa shape index (κ3) is 4.60. The van der Waals surface area contributed by atoms with Crippen molar-refractivity contribution in [3.8, 4) is 0 Å². The Morgan fingerprint density at radius 2 is 2.00 bits per heavy atom. The number of rotatable bonds is 8. The van der Waals surface area contributed by atoms with E-state index in [4.69, 9.17) is 0 Å². The number of nitrogens with zero attached hydrogens (tertiary/aromatic N) is 2. The minimum atomic E-state index is 0.656. The summed E-state index contributed by atoms with van der Waals surface area (Å²) in [6.45, 7) is 11.2. The van der Waals surface area contributed by atoms with E-state index in [9.17, 15) is 0 Å². The highest BCUT2D eigenvalue weighted by Gasteiger charge is 2.19. The third-order valence-electron chi connectivity index (χ3n) is 3.73. The molecule has 1 aromatic rings. The predicted octanol–water partition coefficient (Wildman–Crippen LogP) is 3.56. The zero-order valence-corrected chi connectivity index (χ0v) is 14.5. The lowest BCUT2D eigenvalue weighted by Crippen LogP contribution is -2.29. The molecule has 0 aliphatic carbocycles. The summed E-state index contributed by atoms with van der Waals surface area (Å²) >= 11 is 3.72. The standard InChI is InChI=1S/C15H28BrN3/c1-6-8-17-10-12(11(3)4)9-14-15(16)13(7-2)18-19(14)5/h11-12,17H,6-10H2,1-5H3. The average Bonchev–Trinajstić information content (AvgIpc) is 2.64. The van der Waals surface area contributed by atoms with Crippen LogP contribution in [0.3, 0.4) is 0 Å². The van der Waals surface area contributed by atoms with E-state index in [-0.39, 0.29) is 0 Å². The van der Waals surface area contributed by atoms with E-state index in [2.05, 4.69) is 61.1 Å². The molecule has 0 amide bonds. The van der Waals surface area contributed by atoms with Gasteiger partial charge in [0.2, 0.25) is 0 Å². The summed E-state index contributed by atoms with van der Waals surface area (Å²) in [7, 11) is 2.05. The molecule has 0 saturated heterocycles. The molecule has 0 bridgehead atoms. The molecular formula is C15H28BrN3. The van der Waals surface area contributed by atoms with Gasteiger partial charge in [0.1, 0.15) is 0 Å². The van der Waals surface area contributed by atoms with Crippen molar-refractivity contribution in [3.05, 3.63) is 15.9 Å². The van der Waals surface area contributed by atoms with Crippen LogP contribution in [-0.4, -0.2) is 22.9 Å². The molecule has 0 aromatic carbocycles. The first kappa shape index (κ1) is 16.7. The lowest BCUT2D eigenvalue weighted by Gasteiger charge is -2.21. The van der Waals surface area contributed by atoms with Crippen molar-refractivity contribution in [2.75, 3.05) is 13.1 Å². The molecule has 0 spiro atoms. The van der Waals surface area contributed by atoms with E-state index in [0.29, 0.717) is 11.8 Å². The summed E-state index contributed by atoms with van der Waals surface area (Å²) < 4.78 is 3.25. The van der Waals surface area contributed by atoms with Gasteiger partial charge in [0, 0.05) is 7.05 Å². The Bertz CT molecular complexity index is 385. The predicted molar refractivity (Wildman–Crippen MR) is 85.5 cm³/mol. The van der Waals surface area contributed by atoms with Crippen LogP contribution in [0.5, 0.6) is 0 Å². The van der Waals surface area contributed by atoms with Crippen molar-refractivity contribution < 1.29 is 0 Å². The van der Waals surface area contributed by atoms with E-state index >= 15 is 0 Å². The molecule has 4 heteroatoms. The second kappa shape index (κ2) is 8.05. The lowest BCUT2D eigenvalue weighted by molar-refractivity contribution is 0.353. The Balaban J connectivity index is 2.76. The zero-order chi connectivity index (χ0) is 14.4. The van der Waals surface area contributed by atoms with E-state index in [1.165, 1.54) is 22.3 Å². The first-order chi connectivity index (χ1) is 9.01. The molecular weight excluding hydrogens is 302 g/mol. The smallest absolute Gasteiger partial charge is 0.0766 e. The van der Waals surface area contributed by atoms with E-state index in [0.717, 1.165) is 25.9 Å². The van der Waals surface area contributed by atoms with Crippen LogP contribution in [0.2, 0.25) is 0 Å². The zero-order valence-electron chi connectivity index (χ0n) is 13.0. The Labute approximate surface area is 126 Å². The Morgan fingerprint density at radius 3 is 2.47 bits per heavy atom. The van der Waals surface area contributed by atoms with Crippen molar-refractivity contribution in [1.82, 2.24) is 15.1 Å². The van der Waals surface area contributed by atoms with Gasteiger partial charge in [-0.1, -0.05) is 27.7 Å². The Hall–Kier alpha value is -0.350. The SMILES string of the molecule is CCCNCC(Cc1c(Br)c(CC)nn1C)C(C)C. The number of aromatic nitrogens is 2. The molecule has 0 saturated carbocycles. The fraction of sp³-hybridized carbons (Fsp3) is 0.800. The normalized spacial score (nSPS) is 13.2. The maximum atomic E-state index is 4.59. The molecule has 0 radical (unpaired) electrons. The maximum absolute atomic E-state index is 4.59. The van der Waals surface area contributed by atoms with Gasteiger partial charge in [0.25, 0.3) is 0 Å². The van der Waals surface area contributed by atoms with Crippen molar-refractivity contribution >= 4 is 15.9 Å². The largest absolute Gasteiger partial charge is 0.316 e. The van der Waals surface area contributed by atoms with Gasteiger partial charge in [-0.25, -0.2) is 0 Å². The Morgan fingerprint density at radius 1 is 1.32 bits per heavy atom. The second-order valence-corrected chi connectivity index (χ2v) is 6.39. The van der Waals surface area contributed by atoms with Gasteiger partial charge in [-0.05, 0) is 60.1 Å². The molecule has 110 valence electrons. The highest BCUT2D eigenvalue weighted by Crippen LogP contribution is 2.26. The summed E-state index contributed by atoms with van der Waals surface area (Å²) in [6.07, 6.45) is 3.26. The Kier molecular flexibility index (Phi) is 7.08. The van der Waals surface area contributed by atoms with Crippen molar-refractivity contribution in [1.29, 1.82) is 0 Å². The minimum Gasteiger partial charge on any atom is -0.316 e.